The minimum Gasteiger partial charge on any atom is -0.453 e. The van der Waals surface area contributed by atoms with E-state index in [4.69, 9.17) is 16.7 Å². The Bertz CT molecular complexity index is 463. The molecule has 2 N–H and O–H groups in total. The molecular formula is C12H12ClNO3. The first-order chi connectivity index (χ1) is 8.17. The van der Waals surface area contributed by atoms with E-state index in [9.17, 15) is 4.79 Å². The van der Waals surface area contributed by atoms with Gasteiger partial charge in [0.05, 0.1) is 19.4 Å². The molecule has 0 saturated carbocycles. The molecule has 1 aromatic rings. The Kier molecular flexibility index (Phi) is 5.34. The van der Waals surface area contributed by atoms with Crippen LogP contribution in [0.1, 0.15) is 12.0 Å². The SMILES string of the molecule is COC(=O)Nc1cc(Cl)ccc1C#CCCO. The van der Waals surface area contributed by atoms with Crippen LogP contribution in [0, 0.1) is 11.8 Å². The van der Waals surface area contributed by atoms with Crippen LogP contribution in [0.15, 0.2) is 18.2 Å². The predicted molar refractivity (Wildman–Crippen MR) is 66.1 cm³/mol. The molecule has 0 fully saturated rings. The largest absolute Gasteiger partial charge is 0.453 e. The van der Waals surface area contributed by atoms with E-state index in [-0.39, 0.29) is 6.61 Å². The molecule has 0 atom stereocenters. The number of carbonyl (C=O) groups excluding carboxylic acids is 1. The lowest BCUT2D eigenvalue weighted by atomic mass is 10.2. The Balaban J connectivity index is 2.96. The first kappa shape index (κ1) is 13.4. The smallest absolute Gasteiger partial charge is 0.411 e. The van der Waals surface area contributed by atoms with Crippen LogP contribution in [0.2, 0.25) is 5.02 Å². The highest BCUT2D eigenvalue weighted by Crippen LogP contribution is 2.20. The molecule has 0 aliphatic heterocycles. The number of anilines is 1. The number of aliphatic hydroxyl groups is 1. The second-order valence-corrected chi connectivity index (χ2v) is 3.52. The van der Waals surface area contributed by atoms with Gasteiger partial charge in [0, 0.05) is 17.0 Å². The van der Waals surface area contributed by atoms with Crippen molar-refractivity contribution in [3.8, 4) is 11.8 Å². The number of hydrogen-bond donors (Lipinski definition) is 2. The van der Waals surface area contributed by atoms with Gasteiger partial charge < -0.3 is 9.84 Å². The van der Waals surface area contributed by atoms with Gasteiger partial charge in [-0.2, -0.15) is 0 Å². The number of aliphatic hydroxyl groups excluding tert-OH is 1. The topological polar surface area (TPSA) is 58.6 Å². The second-order valence-electron chi connectivity index (χ2n) is 3.08. The molecular weight excluding hydrogens is 242 g/mol. The molecule has 0 saturated heterocycles. The minimum atomic E-state index is -0.586. The standard InChI is InChI=1S/C12H12ClNO3/c1-17-12(16)14-11-8-10(13)6-5-9(11)4-2-3-7-15/h5-6,8,15H,3,7H2,1H3,(H,14,16). The Morgan fingerprint density at radius 1 is 1.59 bits per heavy atom. The number of nitrogens with one attached hydrogen (secondary N) is 1. The fourth-order valence-electron chi connectivity index (χ4n) is 1.10. The summed E-state index contributed by atoms with van der Waals surface area (Å²) in [4.78, 5) is 11.1. The van der Waals surface area contributed by atoms with Crippen LogP contribution in [-0.2, 0) is 4.74 Å². The summed E-state index contributed by atoms with van der Waals surface area (Å²) < 4.78 is 4.49. The van der Waals surface area contributed by atoms with Gasteiger partial charge in [-0.25, -0.2) is 4.79 Å². The third-order valence-electron chi connectivity index (χ3n) is 1.86. The normalized spacial score (nSPS) is 9.12. The third kappa shape index (κ3) is 4.35. The van der Waals surface area contributed by atoms with Gasteiger partial charge in [0.2, 0.25) is 0 Å². The van der Waals surface area contributed by atoms with Gasteiger partial charge in [0.1, 0.15) is 0 Å². The van der Waals surface area contributed by atoms with Crippen LogP contribution in [0.5, 0.6) is 0 Å². The van der Waals surface area contributed by atoms with Crippen LogP contribution < -0.4 is 5.32 Å². The molecule has 1 rings (SSSR count). The van der Waals surface area contributed by atoms with E-state index in [1.807, 2.05) is 0 Å². The Hall–Kier alpha value is -1.70. The monoisotopic (exact) mass is 253 g/mol. The fraction of sp³-hybridized carbons (Fsp3) is 0.250. The molecule has 0 heterocycles. The van der Waals surface area contributed by atoms with Gasteiger partial charge in [-0.05, 0) is 18.2 Å². The van der Waals surface area contributed by atoms with E-state index in [1.165, 1.54) is 7.11 Å². The molecule has 17 heavy (non-hydrogen) atoms. The molecule has 90 valence electrons. The molecule has 5 heteroatoms. The van der Waals surface area contributed by atoms with Gasteiger partial charge in [-0.15, -0.1) is 0 Å². The lowest BCUT2D eigenvalue weighted by molar-refractivity contribution is 0.187. The summed E-state index contributed by atoms with van der Waals surface area (Å²) in [5.74, 6) is 5.60. The summed E-state index contributed by atoms with van der Waals surface area (Å²) in [5, 5.41) is 11.6. The zero-order chi connectivity index (χ0) is 12.7. The summed E-state index contributed by atoms with van der Waals surface area (Å²) >= 11 is 5.82. The van der Waals surface area contributed by atoms with Crippen molar-refractivity contribution in [3.63, 3.8) is 0 Å². The van der Waals surface area contributed by atoms with E-state index in [1.54, 1.807) is 18.2 Å². The number of amides is 1. The number of rotatable bonds is 2. The van der Waals surface area contributed by atoms with Gasteiger partial charge in [-0.3, -0.25) is 5.32 Å². The average molecular weight is 254 g/mol. The Labute approximate surface area is 105 Å². The van der Waals surface area contributed by atoms with Gasteiger partial charge in [0.25, 0.3) is 0 Å². The molecule has 1 amide bonds. The van der Waals surface area contributed by atoms with Crippen LogP contribution in [0.3, 0.4) is 0 Å². The quantitative estimate of drug-likeness (QED) is 0.795. The highest BCUT2D eigenvalue weighted by atomic mass is 35.5. The van der Waals surface area contributed by atoms with Crippen molar-refractivity contribution in [1.82, 2.24) is 0 Å². The second kappa shape index (κ2) is 6.79. The van der Waals surface area contributed by atoms with E-state index in [0.717, 1.165) is 0 Å². The summed E-state index contributed by atoms with van der Waals surface area (Å²) in [6, 6.07) is 4.95. The zero-order valence-corrected chi connectivity index (χ0v) is 10.0. The lowest BCUT2D eigenvalue weighted by Gasteiger charge is -2.06. The fourth-order valence-corrected chi connectivity index (χ4v) is 1.28. The average Bonchev–Trinajstić information content (AvgIpc) is 2.32. The van der Waals surface area contributed by atoms with Crippen molar-refractivity contribution in [2.75, 3.05) is 19.0 Å². The van der Waals surface area contributed by atoms with Crippen molar-refractivity contribution in [2.24, 2.45) is 0 Å². The Morgan fingerprint density at radius 2 is 2.35 bits per heavy atom. The summed E-state index contributed by atoms with van der Waals surface area (Å²) in [5.41, 5.74) is 1.10. The van der Waals surface area contributed by atoms with Crippen LogP contribution >= 0.6 is 11.6 Å². The summed E-state index contributed by atoms with van der Waals surface area (Å²) in [6.45, 7) is 0.000351. The van der Waals surface area contributed by atoms with Crippen molar-refractivity contribution in [2.45, 2.75) is 6.42 Å². The van der Waals surface area contributed by atoms with Crippen LogP contribution in [0.4, 0.5) is 10.5 Å². The molecule has 4 nitrogen and oxygen atoms in total. The molecule has 0 radical (unpaired) electrons. The molecule has 0 aliphatic rings. The first-order valence-electron chi connectivity index (χ1n) is 4.91. The molecule has 0 unspecified atom stereocenters. The van der Waals surface area contributed by atoms with Gasteiger partial charge in [0.15, 0.2) is 0 Å². The maximum absolute atomic E-state index is 11.1. The number of benzene rings is 1. The molecule has 0 aliphatic carbocycles. The summed E-state index contributed by atoms with van der Waals surface area (Å²) in [6.07, 6.45) is -0.210. The van der Waals surface area contributed by atoms with Gasteiger partial charge >= 0.3 is 6.09 Å². The third-order valence-corrected chi connectivity index (χ3v) is 2.10. The maximum Gasteiger partial charge on any atom is 0.411 e. The van der Waals surface area contributed by atoms with E-state index < -0.39 is 6.09 Å². The van der Waals surface area contributed by atoms with Crippen LogP contribution in [0.25, 0.3) is 0 Å². The molecule has 0 aromatic heterocycles. The van der Waals surface area contributed by atoms with Crippen molar-refractivity contribution in [3.05, 3.63) is 28.8 Å². The lowest BCUT2D eigenvalue weighted by Crippen LogP contribution is -2.11. The highest BCUT2D eigenvalue weighted by Gasteiger charge is 2.05. The predicted octanol–water partition coefficient (Wildman–Crippen LogP) is 2.25. The van der Waals surface area contributed by atoms with E-state index in [0.29, 0.717) is 22.7 Å². The van der Waals surface area contributed by atoms with Gasteiger partial charge in [-0.1, -0.05) is 23.4 Å². The zero-order valence-electron chi connectivity index (χ0n) is 9.29. The van der Waals surface area contributed by atoms with E-state index in [2.05, 4.69) is 21.9 Å². The Morgan fingerprint density at radius 3 is 3.00 bits per heavy atom. The van der Waals surface area contributed by atoms with Crippen molar-refractivity contribution < 1.29 is 14.6 Å². The molecule has 0 spiro atoms. The number of halogens is 1. The van der Waals surface area contributed by atoms with E-state index >= 15 is 0 Å². The molecule has 1 aromatic carbocycles. The number of carbonyl (C=O) groups is 1. The van der Waals surface area contributed by atoms with Crippen molar-refractivity contribution in [1.29, 1.82) is 0 Å². The summed E-state index contributed by atoms with van der Waals surface area (Å²) in [7, 11) is 1.27. The highest BCUT2D eigenvalue weighted by molar-refractivity contribution is 6.31. The first-order valence-corrected chi connectivity index (χ1v) is 5.29. The molecule has 0 bridgehead atoms. The number of ether oxygens (including phenoxy) is 1. The van der Waals surface area contributed by atoms with Crippen molar-refractivity contribution >= 4 is 23.4 Å². The number of methoxy groups -OCH3 is 1. The van der Waals surface area contributed by atoms with Crippen LogP contribution in [-0.4, -0.2) is 24.9 Å². The minimum absolute atomic E-state index is 0.000351. The number of hydrogen-bond acceptors (Lipinski definition) is 3. The maximum atomic E-state index is 11.1.